The lowest BCUT2D eigenvalue weighted by Crippen LogP contribution is -2.39. The Bertz CT molecular complexity index is 1310. The molecule has 1 fully saturated rings. The van der Waals surface area contributed by atoms with Crippen LogP contribution >= 0.6 is 0 Å². The monoisotopic (exact) mass is 508 g/mol. The van der Waals surface area contributed by atoms with Gasteiger partial charge in [-0.15, -0.1) is 0 Å². The fourth-order valence-corrected chi connectivity index (χ4v) is 4.28. The van der Waals surface area contributed by atoms with Crippen LogP contribution in [0.4, 0.5) is 10.6 Å². The molecule has 0 unspecified atom stereocenters. The average molecular weight is 509 g/mol. The van der Waals surface area contributed by atoms with Crippen molar-refractivity contribution in [3.63, 3.8) is 0 Å². The zero-order valence-electron chi connectivity index (χ0n) is 20.5. The van der Waals surface area contributed by atoms with E-state index in [1.165, 1.54) is 18.2 Å². The number of pyridine rings is 1. The van der Waals surface area contributed by atoms with Crippen molar-refractivity contribution >= 4 is 23.8 Å². The predicted molar refractivity (Wildman–Crippen MR) is 134 cm³/mol. The summed E-state index contributed by atoms with van der Waals surface area (Å²) in [4.78, 5) is 47.4. The van der Waals surface area contributed by atoms with Crippen LogP contribution in [0.25, 0.3) is 11.3 Å². The molecule has 2 aromatic heterocycles. The summed E-state index contributed by atoms with van der Waals surface area (Å²) in [6, 6.07) is 9.10. The Kier molecular flexibility index (Phi) is 7.56. The van der Waals surface area contributed by atoms with Gasteiger partial charge < -0.3 is 25.7 Å². The normalized spacial score (nSPS) is 15.2. The van der Waals surface area contributed by atoms with E-state index in [-0.39, 0.29) is 29.7 Å². The highest BCUT2D eigenvalue weighted by Crippen LogP contribution is 2.34. The van der Waals surface area contributed by atoms with E-state index >= 15 is 0 Å². The van der Waals surface area contributed by atoms with Gasteiger partial charge in [-0.05, 0) is 44.4 Å². The summed E-state index contributed by atoms with van der Waals surface area (Å²) < 4.78 is 11.5. The van der Waals surface area contributed by atoms with E-state index in [1.807, 2.05) is 0 Å². The van der Waals surface area contributed by atoms with Gasteiger partial charge in [0, 0.05) is 29.9 Å². The van der Waals surface area contributed by atoms with Crippen LogP contribution in [0.2, 0.25) is 0 Å². The zero-order valence-corrected chi connectivity index (χ0v) is 20.5. The molecule has 4 rings (SSSR count). The predicted octanol–water partition coefficient (Wildman–Crippen LogP) is 3.30. The third-order valence-corrected chi connectivity index (χ3v) is 6.08. The average Bonchev–Trinajstić information content (AvgIpc) is 3.25. The number of amides is 2. The van der Waals surface area contributed by atoms with Crippen LogP contribution < -0.4 is 15.9 Å². The minimum atomic E-state index is -1.08. The van der Waals surface area contributed by atoms with Gasteiger partial charge in [0.25, 0.3) is 5.91 Å². The van der Waals surface area contributed by atoms with Gasteiger partial charge in [-0.25, -0.2) is 24.2 Å². The molecule has 0 radical (unpaired) electrons. The van der Waals surface area contributed by atoms with Crippen molar-refractivity contribution in [2.24, 2.45) is 0 Å². The van der Waals surface area contributed by atoms with Gasteiger partial charge in [-0.1, -0.05) is 12.1 Å². The number of carbonyl (C=O) groups is 3. The van der Waals surface area contributed by atoms with Crippen LogP contribution in [-0.4, -0.2) is 62.9 Å². The Morgan fingerprint density at radius 2 is 1.95 bits per heavy atom. The van der Waals surface area contributed by atoms with E-state index in [9.17, 15) is 19.5 Å². The largest absolute Gasteiger partial charge is 0.497 e. The molecule has 3 heterocycles. The van der Waals surface area contributed by atoms with E-state index in [4.69, 9.17) is 15.3 Å². The molecule has 12 heteroatoms. The number of methoxy groups -OCH3 is 1. The summed E-state index contributed by atoms with van der Waals surface area (Å²) in [6.45, 7) is 2.15. The number of hydrogen-bond donors (Lipinski definition) is 3. The number of nitrogens with one attached hydrogen (secondary N) is 1. The van der Waals surface area contributed by atoms with E-state index in [0.29, 0.717) is 35.7 Å². The second-order valence-corrected chi connectivity index (χ2v) is 8.36. The molecule has 0 bridgehead atoms. The molecule has 194 valence electrons. The van der Waals surface area contributed by atoms with Crippen molar-refractivity contribution in [3.05, 3.63) is 59.7 Å². The molecular weight excluding hydrogens is 480 g/mol. The van der Waals surface area contributed by atoms with Crippen molar-refractivity contribution in [1.29, 1.82) is 0 Å². The quantitative estimate of drug-likeness (QED) is 0.321. The Morgan fingerprint density at radius 1 is 1.19 bits per heavy atom. The highest BCUT2D eigenvalue weighted by molar-refractivity contribution is 6.04. The molecule has 2 amide bonds. The second kappa shape index (κ2) is 11.0. The first-order chi connectivity index (χ1) is 17.8. The Labute approximate surface area is 213 Å². The molecule has 0 saturated carbocycles. The van der Waals surface area contributed by atoms with E-state index in [2.05, 4.69) is 15.3 Å². The number of hydrogen-bond acceptors (Lipinski definition) is 8. The highest BCUT2D eigenvalue weighted by atomic mass is 16.5. The fourth-order valence-electron chi connectivity index (χ4n) is 4.28. The lowest BCUT2D eigenvalue weighted by atomic mass is 10.0. The number of likely N-dealkylation sites (tertiary alicyclic amines) is 1. The minimum absolute atomic E-state index is 0.00513. The van der Waals surface area contributed by atoms with E-state index < -0.39 is 18.1 Å². The molecule has 1 saturated heterocycles. The maximum absolute atomic E-state index is 12.8. The third kappa shape index (κ3) is 5.32. The molecule has 1 aromatic carbocycles. The van der Waals surface area contributed by atoms with Gasteiger partial charge in [-0.2, -0.15) is 0 Å². The number of esters is 1. The van der Waals surface area contributed by atoms with Crippen molar-refractivity contribution in [3.8, 4) is 17.0 Å². The first kappa shape index (κ1) is 25.5. The van der Waals surface area contributed by atoms with Gasteiger partial charge in [0.15, 0.2) is 11.5 Å². The first-order valence-corrected chi connectivity index (χ1v) is 11.8. The number of rotatable bonds is 7. The van der Waals surface area contributed by atoms with Crippen LogP contribution in [-0.2, 0) is 4.74 Å². The summed E-state index contributed by atoms with van der Waals surface area (Å²) in [7, 11) is 1.52. The van der Waals surface area contributed by atoms with Gasteiger partial charge in [0.1, 0.15) is 17.3 Å². The van der Waals surface area contributed by atoms with Gasteiger partial charge in [-0.3, -0.25) is 9.69 Å². The standard InChI is InChI=1S/C25H28N6O6/c1-3-37-24(33)21-20(29-22(31(21)26)18-6-4-5-13-30(18)25(34)35)15-7-9-16(10-8-15)23(32)28-19-14-17(36-2)11-12-27-19/h7-12,14,18H,3-6,13,26H2,1-2H3,(H,34,35)(H,27,28,32)/t18-/m0/s1. The Balaban J connectivity index is 1.66. The molecule has 1 atom stereocenters. The number of nitrogens with two attached hydrogens (primary N) is 1. The number of piperidine rings is 1. The number of carbonyl (C=O) groups excluding carboxylic acids is 2. The summed E-state index contributed by atoms with van der Waals surface area (Å²) in [5.41, 5.74) is 1.11. The summed E-state index contributed by atoms with van der Waals surface area (Å²) in [5.74, 6) is 6.39. The highest BCUT2D eigenvalue weighted by Gasteiger charge is 2.34. The lowest BCUT2D eigenvalue weighted by Gasteiger charge is -2.32. The van der Waals surface area contributed by atoms with Crippen molar-refractivity contribution in [2.75, 3.05) is 31.4 Å². The Hall–Kier alpha value is -4.61. The molecule has 3 aromatic rings. The smallest absolute Gasteiger partial charge is 0.407 e. The van der Waals surface area contributed by atoms with Crippen LogP contribution in [0.1, 0.15) is 58.9 Å². The molecule has 4 N–H and O–H groups in total. The first-order valence-electron chi connectivity index (χ1n) is 11.8. The fraction of sp³-hybridized carbons (Fsp3) is 0.320. The maximum atomic E-state index is 12.8. The molecule has 0 aliphatic carbocycles. The molecule has 12 nitrogen and oxygen atoms in total. The maximum Gasteiger partial charge on any atom is 0.407 e. The SMILES string of the molecule is CCOC(=O)c1c(-c2ccc(C(=O)Nc3cc(OC)ccn3)cc2)nc([C@@H]2CCCCN2C(=O)O)n1N. The number of nitrogen functional groups attached to an aromatic ring is 1. The summed E-state index contributed by atoms with van der Waals surface area (Å²) >= 11 is 0. The minimum Gasteiger partial charge on any atom is -0.497 e. The molecule has 1 aliphatic heterocycles. The van der Waals surface area contributed by atoms with Crippen LogP contribution in [0, 0.1) is 0 Å². The molecule has 37 heavy (non-hydrogen) atoms. The zero-order chi connectivity index (χ0) is 26.5. The number of benzene rings is 1. The Morgan fingerprint density at radius 3 is 2.62 bits per heavy atom. The molecular formula is C25H28N6O6. The van der Waals surface area contributed by atoms with Crippen LogP contribution in [0.3, 0.4) is 0 Å². The number of nitrogens with zero attached hydrogens (tertiary/aromatic N) is 4. The van der Waals surface area contributed by atoms with Gasteiger partial charge in [0.05, 0.1) is 19.8 Å². The molecule has 1 aliphatic rings. The van der Waals surface area contributed by atoms with Crippen LogP contribution in [0.15, 0.2) is 42.6 Å². The topological polar surface area (TPSA) is 162 Å². The number of ether oxygens (including phenoxy) is 2. The van der Waals surface area contributed by atoms with Crippen LogP contribution in [0.5, 0.6) is 5.75 Å². The second-order valence-electron chi connectivity index (χ2n) is 8.36. The summed E-state index contributed by atoms with van der Waals surface area (Å²) in [6.07, 6.45) is 2.51. The van der Waals surface area contributed by atoms with Crippen molar-refractivity contribution < 1.29 is 29.0 Å². The van der Waals surface area contributed by atoms with Gasteiger partial charge in [0.2, 0.25) is 0 Å². The van der Waals surface area contributed by atoms with E-state index in [1.54, 1.807) is 43.3 Å². The number of imidazole rings is 1. The van der Waals surface area contributed by atoms with Gasteiger partial charge >= 0.3 is 12.1 Å². The van der Waals surface area contributed by atoms with Crippen molar-refractivity contribution in [2.45, 2.75) is 32.2 Å². The number of aromatic nitrogens is 3. The van der Waals surface area contributed by atoms with E-state index in [0.717, 1.165) is 17.5 Å². The summed E-state index contributed by atoms with van der Waals surface area (Å²) in [5, 5.41) is 12.4. The number of anilines is 1. The third-order valence-electron chi connectivity index (χ3n) is 6.08. The molecule has 0 spiro atoms. The lowest BCUT2D eigenvalue weighted by molar-refractivity contribution is 0.0516. The van der Waals surface area contributed by atoms with Crippen molar-refractivity contribution in [1.82, 2.24) is 19.5 Å². The number of carboxylic acid groups (broad SMARTS) is 1.